The molecule has 0 fully saturated rings. The predicted octanol–water partition coefficient (Wildman–Crippen LogP) is 8.80. The molecule has 0 saturated heterocycles. The van der Waals surface area contributed by atoms with Gasteiger partial charge in [0.2, 0.25) is 0 Å². The highest BCUT2D eigenvalue weighted by Gasteiger charge is 2.34. The number of unbranched alkanes of at least 4 members (excludes halogenated alkanes) is 2. The second-order valence-electron chi connectivity index (χ2n) is 11.4. The molecule has 4 aromatic rings. The maximum Gasteiger partial charge on any atom is 0.418 e. The highest BCUT2D eigenvalue weighted by molar-refractivity contribution is 6.04. The van der Waals surface area contributed by atoms with Crippen molar-refractivity contribution in [3.63, 3.8) is 0 Å². The van der Waals surface area contributed by atoms with Crippen LogP contribution in [-0.4, -0.2) is 44.3 Å². The van der Waals surface area contributed by atoms with Crippen LogP contribution in [-0.2, 0) is 25.2 Å². The van der Waals surface area contributed by atoms with E-state index >= 15 is 0 Å². The van der Waals surface area contributed by atoms with E-state index in [0.717, 1.165) is 35.8 Å². The molecule has 0 aliphatic rings. The lowest BCUT2D eigenvalue weighted by molar-refractivity contribution is -0.138. The number of hydrogen-bond donors (Lipinski definition) is 1. The van der Waals surface area contributed by atoms with E-state index in [2.05, 4.69) is 30.3 Å². The SMILES string of the molecule is C=CC(=O)OCCCCOc1ccc(C(=O)Nc2ccc(C#Cc3ccc(-c4ccc(OCCCCOC(=O)C=C)cc4)cc3)cc2C(F)(F)F)cc1. The van der Waals surface area contributed by atoms with E-state index in [9.17, 15) is 27.6 Å². The summed E-state index contributed by atoms with van der Waals surface area (Å²) in [4.78, 5) is 34.9. The molecule has 0 aliphatic carbocycles. The molecule has 0 unspecified atom stereocenters. The van der Waals surface area contributed by atoms with Crippen LogP contribution >= 0.6 is 0 Å². The molecule has 1 amide bonds. The molecule has 0 heterocycles. The Hall–Kier alpha value is -6.28. The van der Waals surface area contributed by atoms with Crippen LogP contribution in [0.3, 0.4) is 0 Å². The van der Waals surface area contributed by atoms with Gasteiger partial charge in [0.1, 0.15) is 11.5 Å². The summed E-state index contributed by atoms with van der Waals surface area (Å²) in [7, 11) is 0. The first-order chi connectivity index (χ1) is 25.5. The van der Waals surface area contributed by atoms with Crippen LogP contribution in [0.25, 0.3) is 11.1 Å². The summed E-state index contributed by atoms with van der Waals surface area (Å²) in [6.45, 7) is 8.06. The van der Waals surface area contributed by atoms with Crippen molar-refractivity contribution in [1.82, 2.24) is 0 Å². The van der Waals surface area contributed by atoms with Crippen LogP contribution in [0.2, 0.25) is 0 Å². The van der Waals surface area contributed by atoms with Crippen molar-refractivity contribution in [3.05, 3.63) is 139 Å². The monoisotopic (exact) mass is 725 g/mol. The Morgan fingerprint density at radius 2 is 1.08 bits per heavy atom. The predicted molar refractivity (Wildman–Crippen MR) is 195 cm³/mol. The Kier molecular flexibility index (Phi) is 14.9. The van der Waals surface area contributed by atoms with E-state index in [1.807, 2.05) is 36.4 Å². The summed E-state index contributed by atoms with van der Waals surface area (Å²) in [5.74, 6) is 5.23. The lowest BCUT2D eigenvalue weighted by atomic mass is 10.0. The Morgan fingerprint density at radius 1 is 0.623 bits per heavy atom. The summed E-state index contributed by atoms with van der Waals surface area (Å²) in [5.41, 5.74) is 1.35. The highest BCUT2D eigenvalue weighted by Crippen LogP contribution is 2.36. The number of benzene rings is 4. The average molecular weight is 726 g/mol. The third-order valence-corrected chi connectivity index (χ3v) is 7.55. The minimum atomic E-state index is -4.74. The van der Waals surface area contributed by atoms with Gasteiger partial charge in [-0.25, -0.2) is 9.59 Å². The number of nitrogens with one attached hydrogen (secondary N) is 1. The lowest BCUT2D eigenvalue weighted by Gasteiger charge is -2.14. The number of alkyl halides is 3. The zero-order chi connectivity index (χ0) is 38.1. The van der Waals surface area contributed by atoms with Gasteiger partial charge < -0.3 is 24.3 Å². The Balaban J connectivity index is 1.30. The molecule has 0 radical (unpaired) electrons. The van der Waals surface area contributed by atoms with Gasteiger partial charge in [0, 0.05) is 28.8 Å². The van der Waals surface area contributed by atoms with Gasteiger partial charge in [0.25, 0.3) is 5.91 Å². The van der Waals surface area contributed by atoms with Crippen molar-refractivity contribution in [3.8, 4) is 34.5 Å². The fourth-order valence-electron chi connectivity index (χ4n) is 4.75. The van der Waals surface area contributed by atoms with E-state index < -0.39 is 35.3 Å². The first kappa shape index (κ1) is 39.5. The van der Waals surface area contributed by atoms with Gasteiger partial charge in [-0.2, -0.15) is 13.2 Å². The summed E-state index contributed by atoms with van der Waals surface area (Å²) in [6.07, 6.45) is 0.0846. The third-order valence-electron chi connectivity index (χ3n) is 7.55. The smallest absolute Gasteiger partial charge is 0.418 e. The molecule has 0 bridgehead atoms. The number of halogens is 3. The lowest BCUT2D eigenvalue weighted by Crippen LogP contribution is -2.17. The fourth-order valence-corrected chi connectivity index (χ4v) is 4.75. The van der Waals surface area contributed by atoms with Gasteiger partial charge in [-0.15, -0.1) is 0 Å². The number of amides is 1. The van der Waals surface area contributed by atoms with Crippen molar-refractivity contribution >= 4 is 23.5 Å². The van der Waals surface area contributed by atoms with Crippen molar-refractivity contribution in [2.75, 3.05) is 31.7 Å². The van der Waals surface area contributed by atoms with Crippen LogP contribution in [0, 0.1) is 11.8 Å². The van der Waals surface area contributed by atoms with Gasteiger partial charge in [-0.05, 0) is 104 Å². The average Bonchev–Trinajstić information content (AvgIpc) is 3.17. The Bertz CT molecular complexity index is 1930. The van der Waals surface area contributed by atoms with Crippen molar-refractivity contribution in [2.24, 2.45) is 0 Å². The van der Waals surface area contributed by atoms with Crippen LogP contribution in [0.4, 0.5) is 18.9 Å². The maximum absolute atomic E-state index is 14.1. The fraction of sp³-hybridized carbons (Fsp3) is 0.214. The van der Waals surface area contributed by atoms with Crippen molar-refractivity contribution in [1.29, 1.82) is 0 Å². The number of esters is 2. The second kappa shape index (κ2) is 19.9. The third kappa shape index (κ3) is 13.1. The van der Waals surface area contributed by atoms with Gasteiger partial charge in [0.15, 0.2) is 0 Å². The van der Waals surface area contributed by atoms with Gasteiger partial charge in [-0.1, -0.05) is 49.3 Å². The molecule has 0 spiro atoms. The van der Waals surface area contributed by atoms with Crippen LogP contribution in [0.15, 0.2) is 116 Å². The number of rotatable bonds is 17. The minimum absolute atomic E-state index is 0.133. The van der Waals surface area contributed by atoms with Gasteiger partial charge in [-0.3, -0.25) is 4.79 Å². The normalized spacial score (nSPS) is 10.6. The van der Waals surface area contributed by atoms with Crippen LogP contribution in [0.5, 0.6) is 11.5 Å². The number of ether oxygens (including phenoxy) is 4. The molecule has 4 aromatic carbocycles. The molecular formula is C42H38F3NO7. The van der Waals surface area contributed by atoms with E-state index in [1.54, 1.807) is 24.3 Å². The molecule has 274 valence electrons. The summed E-state index contributed by atoms with van der Waals surface area (Å²) in [5, 5.41) is 2.36. The van der Waals surface area contributed by atoms with Gasteiger partial charge in [0.05, 0.1) is 37.7 Å². The zero-order valence-electron chi connectivity index (χ0n) is 28.9. The quantitative estimate of drug-likeness (QED) is 0.0503. The molecule has 0 aliphatic heterocycles. The number of hydrogen-bond acceptors (Lipinski definition) is 7. The van der Waals surface area contributed by atoms with Gasteiger partial charge >= 0.3 is 18.1 Å². The van der Waals surface area contributed by atoms with E-state index in [4.69, 9.17) is 18.9 Å². The van der Waals surface area contributed by atoms with E-state index in [-0.39, 0.29) is 17.7 Å². The van der Waals surface area contributed by atoms with Crippen LogP contribution in [0.1, 0.15) is 52.7 Å². The first-order valence-corrected chi connectivity index (χ1v) is 16.7. The molecular weight excluding hydrogens is 687 g/mol. The summed E-state index contributed by atoms with van der Waals surface area (Å²) >= 11 is 0. The zero-order valence-corrected chi connectivity index (χ0v) is 28.9. The largest absolute Gasteiger partial charge is 0.494 e. The molecule has 0 atom stereocenters. The first-order valence-electron chi connectivity index (χ1n) is 16.7. The number of anilines is 1. The topological polar surface area (TPSA) is 100 Å². The summed E-state index contributed by atoms with van der Waals surface area (Å²) in [6, 6.07) is 24.4. The molecule has 0 saturated carbocycles. The number of carbonyl (C=O) groups excluding carboxylic acids is 3. The molecule has 4 rings (SSSR count). The molecule has 1 N–H and O–H groups in total. The highest BCUT2D eigenvalue weighted by atomic mass is 19.4. The Labute approximate surface area is 306 Å². The van der Waals surface area contributed by atoms with E-state index in [1.165, 1.54) is 24.3 Å². The van der Waals surface area contributed by atoms with Crippen molar-refractivity contribution < 1.29 is 46.5 Å². The number of carbonyl (C=O) groups is 3. The van der Waals surface area contributed by atoms with Crippen LogP contribution < -0.4 is 14.8 Å². The summed E-state index contributed by atoms with van der Waals surface area (Å²) < 4.78 is 63.3. The van der Waals surface area contributed by atoms with Crippen molar-refractivity contribution in [2.45, 2.75) is 31.9 Å². The standard InChI is InChI=1S/C42H38F3NO7/c1-3-39(47)52-27-7-5-25-50-35-20-16-33(17-21-35)32-14-11-30(12-15-32)9-10-31-13-24-38(37(29-31)42(43,44)45)46-41(49)34-18-22-36(23-19-34)51-26-6-8-28-53-40(48)4-2/h3-4,11-24,29H,1-2,5-8,25-28H2,(H,46,49). The molecule has 8 nitrogen and oxygen atoms in total. The second-order valence-corrected chi connectivity index (χ2v) is 11.4. The van der Waals surface area contributed by atoms with E-state index in [0.29, 0.717) is 56.1 Å². The molecule has 53 heavy (non-hydrogen) atoms. The molecule has 0 aromatic heterocycles. The Morgan fingerprint density at radius 3 is 1.58 bits per heavy atom. The minimum Gasteiger partial charge on any atom is -0.494 e. The molecule has 11 heteroatoms. The maximum atomic E-state index is 14.1.